The van der Waals surface area contributed by atoms with Gasteiger partial charge in [-0.1, -0.05) is 0 Å². The first-order valence-corrected chi connectivity index (χ1v) is 5.68. The van der Waals surface area contributed by atoms with Crippen molar-refractivity contribution in [2.45, 2.75) is 6.42 Å². The first kappa shape index (κ1) is 12.8. The number of halogens is 1. The maximum atomic E-state index is 11.3. The first-order chi connectivity index (χ1) is 7.58. The van der Waals surface area contributed by atoms with Crippen LogP contribution in [0.15, 0.2) is 24.3 Å². The second-order valence-electron chi connectivity index (χ2n) is 3.03. The molecule has 0 fully saturated rings. The predicted octanol–water partition coefficient (Wildman–Crippen LogP) is 1.89. The van der Waals surface area contributed by atoms with Crippen LogP contribution >= 0.6 is 22.6 Å². The number of rotatable bonds is 4. The van der Waals surface area contributed by atoms with Gasteiger partial charge in [0.05, 0.1) is 6.42 Å². The zero-order valence-electron chi connectivity index (χ0n) is 8.37. The third-order valence-corrected chi connectivity index (χ3v) is 2.45. The normalized spacial score (nSPS) is 9.56. The Balaban J connectivity index is 2.34. The number of hydrogen-bond acceptors (Lipinski definition) is 2. The minimum absolute atomic E-state index is 0.0832. The molecular weight excluding hydrogens is 323 g/mol. The van der Waals surface area contributed by atoms with Gasteiger partial charge >= 0.3 is 12.0 Å². The molecule has 0 aliphatic rings. The third kappa shape index (κ3) is 4.96. The van der Waals surface area contributed by atoms with E-state index in [1.807, 2.05) is 12.1 Å². The van der Waals surface area contributed by atoms with Crippen LogP contribution in [0.5, 0.6) is 0 Å². The lowest BCUT2D eigenvalue weighted by atomic mass is 10.3. The molecule has 0 saturated heterocycles. The Morgan fingerprint density at radius 2 is 1.88 bits per heavy atom. The quantitative estimate of drug-likeness (QED) is 0.736. The number of carboxylic acids is 1. The molecule has 0 aromatic heterocycles. The van der Waals surface area contributed by atoms with Crippen LogP contribution in [-0.4, -0.2) is 23.7 Å². The van der Waals surface area contributed by atoms with E-state index >= 15 is 0 Å². The van der Waals surface area contributed by atoms with Crippen LogP contribution in [0.2, 0.25) is 0 Å². The van der Waals surface area contributed by atoms with Crippen molar-refractivity contribution in [1.29, 1.82) is 0 Å². The van der Waals surface area contributed by atoms with Gasteiger partial charge in [0.25, 0.3) is 0 Å². The van der Waals surface area contributed by atoms with Gasteiger partial charge in [-0.05, 0) is 46.9 Å². The number of carbonyl (C=O) groups is 2. The maximum Gasteiger partial charge on any atom is 0.319 e. The van der Waals surface area contributed by atoms with Crippen molar-refractivity contribution in [2.75, 3.05) is 11.9 Å². The average molecular weight is 334 g/mol. The molecule has 1 aromatic carbocycles. The molecule has 86 valence electrons. The van der Waals surface area contributed by atoms with Crippen molar-refractivity contribution in [3.05, 3.63) is 27.8 Å². The van der Waals surface area contributed by atoms with E-state index in [1.54, 1.807) is 12.1 Å². The summed E-state index contributed by atoms with van der Waals surface area (Å²) in [4.78, 5) is 21.5. The summed E-state index contributed by atoms with van der Waals surface area (Å²) in [6.07, 6.45) is -0.0832. The molecule has 0 heterocycles. The smallest absolute Gasteiger partial charge is 0.319 e. The standard InChI is InChI=1S/C10H11IN2O3/c11-7-1-3-8(4-2-7)13-10(16)12-6-5-9(14)15/h1-4H,5-6H2,(H,14,15)(H2,12,13,16). The minimum atomic E-state index is -0.936. The van der Waals surface area contributed by atoms with Crippen molar-refractivity contribution in [2.24, 2.45) is 0 Å². The molecular formula is C10H11IN2O3. The Bertz CT molecular complexity index is 378. The van der Waals surface area contributed by atoms with E-state index in [-0.39, 0.29) is 13.0 Å². The monoisotopic (exact) mass is 334 g/mol. The lowest BCUT2D eigenvalue weighted by Gasteiger charge is -2.06. The summed E-state index contributed by atoms with van der Waals surface area (Å²) in [7, 11) is 0. The number of aliphatic carboxylic acids is 1. The molecule has 1 aromatic rings. The maximum absolute atomic E-state index is 11.3. The number of carboxylic acid groups (broad SMARTS) is 1. The van der Waals surface area contributed by atoms with Gasteiger partial charge in [0.1, 0.15) is 0 Å². The van der Waals surface area contributed by atoms with Crippen LogP contribution < -0.4 is 10.6 Å². The summed E-state index contributed by atoms with van der Waals surface area (Å²) < 4.78 is 1.08. The Kier molecular flexibility index (Phi) is 5.03. The highest BCUT2D eigenvalue weighted by Crippen LogP contribution is 2.10. The minimum Gasteiger partial charge on any atom is -0.481 e. The molecule has 1 rings (SSSR count). The van der Waals surface area contributed by atoms with Crippen LogP contribution in [0.1, 0.15) is 6.42 Å². The van der Waals surface area contributed by atoms with Gasteiger partial charge < -0.3 is 15.7 Å². The van der Waals surface area contributed by atoms with Crippen LogP contribution in [0.25, 0.3) is 0 Å². The molecule has 0 aliphatic heterocycles. The molecule has 0 aliphatic carbocycles. The predicted molar refractivity (Wildman–Crippen MR) is 68.4 cm³/mol. The molecule has 5 nitrogen and oxygen atoms in total. The topological polar surface area (TPSA) is 78.4 Å². The second kappa shape index (κ2) is 6.31. The van der Waals surface area contributed by atoms with Gasteiger partial charge in [0, 0.05) is 15.8 Å². The van der Waals surface area contributed by atoms with Gasteiger partial charge in [0.2, 0.25) is 0 Å². The molecule has 0 atom stereocenters. The lowest BCUT2D eigenvalue weighted by Crippen LogP contribution is -2.30. The summed E-state index contributed by atoms with van der Waals surface area (Å²) in [5, 5.41) is 13.4. The number of carbonyl (C=O) groups excluding carboxylic acids is 1. The fourth-order valence-electron chi connectivity index (χ4n) is 0.991. The van der Waals surface area contributed by atoms with Crippen LogP contribution in [0.4, 0.5) is 10.5 Å². The van der Waals surface area contributed by atoms with Crippen molar-refractivity contribution in [3.63, 3.8) is 0 Å². The van der Waals surface area contributed by atoms with E-state index in [9.17, 15) is 9.59 Å². The zero-order valence-corrected chi connectivity index (χ0v) is 10.5. The fourth-order valence-corrected chi connectivity index (χ4v) is 1.35. The highest BCUT2D eigenvalue weighted by atomic mass is 127. The molecule has 16 heavy (non-hydrogen) atoms. The summed E-state index contributed by atoms with van der Waals surface area (Å²) in [5.41, 5.74) is 0.674. The number of anilines is 1. The summed E-state index contributed by atoms with van der Waals surface area (Å²) in [5.74, 6) is -0.936. The summed E-state index contributed by atoms with van der Waals surface area (Å²) in [6, 6.07) is 6.89. The molecule has 0 spiro atoms. The van der Waals surface area contributed by atoms with Crippen LogP contribution in [0.3, 0.4) is 0 Å². The number of benzene rings is 1. The first-order valence-electron chi connectivity index (χ1n) is 4.60. The summed E-state index contributed by atoms with van der Waals surface area (Å²) in [6.45, 7) is 0.117. The van der Waals surface area contributed by atoms with E-state index in [4.69, 9.17) is 5.11 Å². The average Bonchev–Trinajstić information content (AvgIpc) is 2.21. The van der Waals surface area contributed by atoms with Gasteiger partial charge in [0.15, 0.2) is 0 Å². The highest BCUT2D eigenvalue weighted by Gasteiger charge is 2.02. The van der Waals surface area contributed by atoms with Crippen molar-refractivity contribution in [1.82, 2.24) is 5.32 Å². The van der Waals surface area contributed by atoms with E-state index < -0.39 is 12.0 Å². The molecule has 6 heteroatoms. The van der Waals surface area contributed by atoms with Crippen molar-refractivity contribution >= 4 is 40.3 Å². The van der Waals surface area contributed by atoms with E-state index in [0.717, 1.165) is 3.57 Å². The summed E-state index contributed by atoms with van der Waals surface area (Å²) >= 11 is 2.17. The van der Waals surface area contributed by atoms with Crippen molar-refractivity contribution < 1.29 is 14.7 Å². The zero-order chi connectivity index (χ0) is 12.0. The fraction of sp³-hybridized carbons (Fsp3) is 0.200. The van der Waals surface area contributed by atoms with Crippen molar-refractivity contribution in [3.8, 4) is 0 Å². The highest BCUT2D eigenvalue weighted by molar-refractivity contribution is 14.1. The lowest BCUT2D eigenvalue weighted by molar-refractivity contribution is -0.136. The molecule has 0 unspecified atom stereocenters. The molecule has 0 radical (unpaired) electrons. The Hall–Kier alpha value is -1.31. The SMILES string of the molecule is O=C(O)CCNC(=O)Nc1ccc(I)cc1. The van der Waals surface area contributed by atoms with Crippen LogP contribution in [-0.2, 0) is 4.79 Å². The molecule has 3 N–H and O–H groups in total. The molecule has 0 saturated carbocycles. The Morgan fingerprint density at radius 1 is 1.25 bits per heavy atom. The van der Waals surface area contributed by atoms with Gasteiger partial charge in [-0.3, -0.25) is 4.79 Å². The number of amides is 2. The van der Waals surface area contributed by atoms with Gasteiger partial charge in [-0.15, -0.1) is 0 Å². The number of nitrogens with one attached hydrogen (secondary N) is 2. The van der Waals surface area contributed by atoms with E-state index in [0.29, 0.717) is 5.69 Å². The number of urea groups is 1. The van der Waals surface area contributed by atoms with Gasteiger partial charge in [-0.25, -0.2) is 4.79 Å². The van der Waals surface area contributed by atoms with Gasteiger partial charge in [-0.2, -0.15) is 0 Å². The van der Waals surface area contributed by atoms with E-state index in [2.05, 4.69) is 33.2 Å². The molecule has 2 amide bonds. The third-order valence-electron chi connectivity index (χ3n) is 1.73. The largest absolute Gasteiger partial charge is 0.481 e. The van der Waals surface area contributed by atoms with Crippen LogP contribution in [0, 0.1) is 3.57 Å². The number of hydrogen-bond donors (Lipinski definition) is 3. The van der Waals surface area contributed by atoms with E-state index in [1.165, 1.54) is 0 Å². The Morgan fingerprint density at radius 3 is 2.44 bits per heavy atom. The Labute approximate surface area is 106 Å². The molecule has 0 bridgehead atoms. The second-order valence-corrected chi connectivity index (χ2v) is 4.28.